The zero-order valence-corrected chi connectivity index (χ0v) is 27.2. The van der Waals surface area contributed by atoms with Crippen molar-refractivity contribution in [3.05, 3.63) is 94.9 Å². The lowest BCUT2D eigenvalue weighted by Gasteiger charge is -2.18. The predicted octanol–water partition coefficient (Wildman–Crippen LogP) is 6.43. The molecule has 0 bridgehead atoms. The van der Waals surface area contributed by atoms with Crippen LogP contribution in [-0.4, -0.2) is 56.0 Å². The summed E-state index contributed by atoms with van der Waals surface area (Å²) in [6.45, 7) is 1.89. The molecule has 6 rings (SSSR count). The molecule has 234 valence electrons. The van der Waals surface area contributed by atoms with E-state index in [0.29, 0.717) is 43.5 Å². The molecule has 0 spiro atoms. The number of ether oxygens (including phenoxy) is 4. The number of fused-ring (bicyclic) bond motifs is 1. The van der Waals surface area contributed by atoms with E-state index in [0.717, 1.165) is 16.0 Å². The highest BCUT2D eigenvalue weighted by molar-refractivity contribution is 9.10. The molecule has 0 saturated carbocycles. The van der Waals surface area contributed by atoms with E-state index < -0.39 is 12.1 Å². The van der Waals surface area contributed by atoms with Crippen molar-refractivity contribution < 1.29 is 28.1 Å². The fourth-order valence-corrected chi connectivity index (χ4v) is 6.68. The summed E-state index contributed by atoms with van der Waals surface area (Å²) in [5.41, 5.74) is 2.85. The Morgan fingerprint density at radius 3 is 2.65 bits per heavy atom. The number of benzene rings is 2. The van der Waals surface area contributed by atoms with Crippen LogP contribution < -0.4 is 14.2 Å². The minimum Gasteiger partial charge on any atom is -0.496 e. The summed E-state index contributed by atoms with van der Waals surface area (Å²) in [5, 5.41) is 5.10. The molecule has 0 saturated heterocycles. The van der Waals surface area contributed by atoms with Crippen molar-refractivity contribution in [1.82, 2.24) is 29.7 Å². The molecular formula is C32H26BrFN6O5S. The maximum absolute atomic E-state index is 13.6. The van der Waals surface area contributed by atoms with Crippen molar-refractivity contribution in [1.29, 1.82) is 0 Å². The van der Waals surface area contributed by atoms with Gasteiger partial charge in [0.25, 0.3) is 0 Å². The summed E-state index contributed by atoms with van der Waals surface area (Å²) >= 11 is 5.02. The number of hydrogen-bond donors (Lipinski definition) is 0. The molecule has 0 radical (unpaired) electrons. The SMILES string of the molecule is COC(=O)[C@@H](Cn1nc(C)cc1OCc1ccnc(-c2ccccc2OC)n1)Oc1ncnc2sc(-c3ccc(F)cc3)c(Br)c12. The van der Waals surface area contributed by atoms with E-state index >= 15 is 0 Å². The van der Waals surface area contributed by atoms with Crippen LogP contribution in [0.1, 0.15) is 11.4 Å². The Kier molecular flexibility index (Phi) is 9.17. The van der Waals surface area contributed by atoms with E-state index in [1.54, 1.807) is 37.6 Å². The summed E-state index contributed by atoms with van der Waals surface area (Å²) in [5.74, 6) is 0.764. The maximum Gasteiger partial charge on any atom is 0.349 e. The Morgan fingerprint density at radius 2 is 1.87 bits per heavy atom. The summed E-state index contributed by atoms with van der Waals surface area (Å²) < 4.78 is 38.6. The van der Waals surface area contributed by atoms with E-state index in [1.165, 1.54) is 41.6 Å². The van der Waals surface area contributed by atoms with Gasteiger partial charge in [-0.2, -0.15) is 5.10 Å². The van der Waals surface area contributed by atoms with Gasteiger partial charge < -0.3 is 18.9 Å². The minimum absolute atomic E-state index is 0.0375. The van der Waals surface area contributed by atoms with E-state index in [1.807, 2.05) is 31.2 Å². The lowest BCUT2D eigenvalue weighted by Crippen LogP contribution is -2.34. The Labute approximate surface area is 275 Å². The van der Waals surface area contributed by atoms with Crippen molar-refractivity contribution in [3.63, 3.8) is 0 Å². The van der Waals surface area contributed by atoms with Crippen molar-refractivity contribution >= 4 is 43.5 Å². The average Bonchev–Trinajstić information content (AvgIpc) is 3.61. The topological polar surface area (TPSA) is 123 Å². The van der Waals surface area contributed by atoms with Crippen LogP contribution in [0.5, 0.6) is 17.5 Å². The van der Waals surface area contributed by atoms with Gasteiger partial charge >= 0.3 is 5.97 Å². The lowest BCUT2D eigenvalue weighted by atomic mass is 10.2. The molecule has 4 aromatic heterocycles. The number of carbonyl (C=O) groups excluding carboxylic acids is 1. The highest BCUT2D eigenvalue weighted by atomic mass is 79.9. The Balaban J connectivity index is 1.24. The van der Waals surface area contributed by atoms with E-state index in [-0.39, 0.29) is 24.8 Å². The largest absolute Gasteiger partial charge is 0.496 e. The first-order valence-corrected chi connectivity index (χ1v) is 15.5. The highest BCUT2D eigenvalue weighted by Crippen LogP contribution is 2.44. The summed E-state index contributed by atoms with van der Waals surface area (Å²) in [4.78, 5) is 32.2. The first-order chi connectivity index (χ1) is 22.3. The Bertz CT molecular complexity index is 2020. The van der Waals surface area contributed by atoms with Crippen molar-refractivity contribution in [3.8, 4) is 39.3 Å². The second kappa shape index (κ2) is 13.6. The van der Waals surface area contributed by atoms with Gasteiger partial charge in [-0.25, -0.2) is 33.8 Å². The van der Waals surface area contributed by atoms with E-state index in [2.05, 4.69) is 41.0 Å². The molecule has 0 aliphatic rings. The molecule has 2 aromatic carbocycles. The third kappa shape index (κ3) is 6.53. The number of aromatic nitrogens is 6. The lowest BCUT2D eigenvalue weighted by molar-refractivity contribution is -0.149. The summed E-state index contributed by atoms with van der Waals surface area (Å²) in [6, 6.07) is 17.1. The van der Waals surface area contributed by atoms with Crippen molar-refractivity contribution in [2.45, 2.75) is 26.2 Å². The second-order valence-corrected chi connectivity index (χ2v) is 11.7. The first kappa shape index (κ1) is 31.0. The molecule has 0 unspecified atom stereocenters. The molecule has 11 nitrogen and oxygen atoms in total. The molecule has 14 heteroatoms. The van der Waals surface area contributed by atoms with Crippen LogP contribution in [0.2, 0.25) is 0 Å². The van der Waals surface area contributed by atoms with Crippen molar-refractivity contribution in [2.75, 3.05) is 14.2 Å². The van der Waals surface area contributed by atoms with Crippen LogP contribution in [0.4, 0.5) is 4.39 Å². The number of nitrogens with zero attached hydrogens (tertiary/aromatic N) is 6. The van der Waals surface area contributed by atoms with Gasteiger partial charge in [0.15, 0.2) is 5.82 Å². The zero-order chi connectivity index (χ0) is 32.2. The number of para-hydroxylation sites is 1. The monoisotopic (exact) mass is 704 g/mol. The second-order valence-electron chi connectivity index (χ2n) is 9.91. The number of carbonyl (C=O) groups is 1. The molecule has 0 aliphatic heterocycles. The molecule has 0 amide bonds. The fraction of sp³-hybridized carbons (Fsp3) is 0.188. The summed E-state index contributed by atoms with van der Waals surface area (Å²) in [7, 11) is 2.87. The van der Waals surface area contributed by atoms with Crippen LogP contribution in [-0.2, 0) is 22.7 Å². The van der Waals surface area contributed by atoms with Gasteiger partial charge in [-0.3, -0.25) is 0 Å². The Morgan fingerprint density at radius 1 is 1.07 bits per heavy atom. The molecule has 46 heavy (non-hydrogen) atoms. The van der Waals surface area contributed by atoms with Gasteiger partial charge in [-0.1, -0.05) is 24.3 Å². The number of hydrogen-bond acceptors (Lipinski definition) is 11. The molecule has 0 aliphatic carbocycles. The molecule has 6 aromatic rings. The van der Waals surface area contributed by atoms with Gasteiger partial charge in [0, 0.05) is 12.3 Å². The van der Waals surface area contributed by atoms with Gasteiger partial charge in [0.2, 0.25) is 17.9 Å². The van der Waals surface area contributed by atoms with Gasteiger partial charge in [0.05, 0.1) is 52.5 Å². The number of methoxy groups -OCH3 is 2. The molecule has 4 heterocycles. The van der Waals surface area contributed by atoms with Gasteiger partial charge in [-0.15, -0.1) is 11.3 Å². The van der Waals surface area contributed by atoms with Crippen LogP contribution in [0, 0.1) is 12.7 Å². The van der Waals surface area contributed by atoms with E-state index in [9.17, 15) is 9.18 Å². The molecular weight excluding hydrogens is 679 g/mol. The smallest absolute Gasteiger partial charge is 0.349 e. The maximum atomic E-state index is 13.6. The summed E-state index contributed by atoms with van der Waals surface area (Å²) in [6.07, 6.45) is 1.88. The number of rotatable bonds is 11. The quantitative estimate of drug-likeness (QED) is 0.139. The van der Waals surface area contributed by atoms with Crippen LogP contribution in [0.3, 0.4) is 0 Å². The Hall–Kier alpha value is -4.95. The third-order valence-corrected chi connectivity index (χ3v) is 9.05. The number of aryl methyl sites for hydroxylation is 1. The molecule has 0 N–H and O–H groups in total. The minimum atomic E-state index is -1.14. The van der Waals surface area contributed by atoms with Gasteiger partial charge in [-0.05, 0) is 58.7 Å². The fourth-order valence-electron chi connectivity index (χ4n) is 4.69. The number of esters is 1. The highest BCUT2D eigenvalue weighted by Gasteiger charge is 2.28. The third-order valence-electron chi connectivity index (χ3n) is 6.85. The van der Waals surface area contributed by atoms with Gasteiger partial charge in [0.1, 0.15) is 29.3 Å². The van der Waals surface area contributed by atoms with Crippen molar-refractivity contribution in [2.24, 2.45) is 0 Å². The van der Waals surface area contributed by atoms with Crippen LogP contribution >= 0.6 is 27.3 Å². The zero-order valence-electron chi connectivity index (χ0n) is 24.8. The molecule has 0 fully saturated rings. The average molecular weight is 706 g/mol. The predicted molar refractivity (Wildman–Crippen MR) is 172 cm³/mol. The normalized spacial score (nSPS) is 11.8. The molecule has 1 atom stereocenters. The number of thiophene rings is 1. The van der Waals surface area contributed by atoms with Crippen LogP contribution in [0.15, 0.2) is 77.7 Å². The standard InChI is InChI=1S/C32H26BrFN6O5S/c1-18-14-25(44-16-21-12-13-35-29(38-21)22-6-4-5-7-23(22)42-2)40(39-18)15-24(32(41)43-3)45-30-26-27(33)28(46-31(26)37-17-36-30)19-8-10-20(34)11-9-19/h4-14,17,24H,15-16H2,1-3H3/t24-/m1/s1. The van der Waals surface area contributed by atoms with Crippen LogP contribution in [0.25, 0.3) is 32.0 Å². The van der Waals surface area contributed by atoms with E-state index in [4.69, 9.17) is 18.9 Å². The first-order valence-electron chi connectivity index (χ1n) is 13.9. The number of halogens is 2.